The Bertz CT molecular complexity index is 609. The van der Waals surface area contributed by atoms with E-state index in [-0.39, 0.29) is 4.90 Å². The zero-order valence-electron chi connectivity index (χ0n) is 13.5. The molecule has 0 aliphatic carbocycles. The molecular formula is C16H25ClN2O2S. The van der Waals surface area contributed by atoms with Crippen LogP contribution in [-0.2, 0) is 10.0 Å². The van der Waals surface area contributed by atoms with Gasteiger partial charge in [0.15, 0.2) is 0 Å². The van der Waals surface area contributed by atoms with Gasteiger partial charge in [0.05, 0.1) is 4.90 Å². The van der Waals surface area contributed by atoms with Crippen LogP contribution in [0.15, 0.2) is 23.1 Å². The topological polar surface area (TPSA) is 49.4 Å². The summed E-state index contributed by atoms with van der Waals surface area (Å²) in [6, 6.07) is 5.52. The van der Waals surface area contributed by atoms with Gasteiger partial charge in [-0.15, -0.1) is 0 Å². The minimum atomic E-state index is -3.49. The van der Waals surface area contributed by atoms with Gasteiger partial charge in [0.2, 0.25) is 10.0 Å². The van der Waals surface area contributed by atoms with E-state index in [4.69, 9.17) is 11.6 Å². The van der Waals surface area contributed by atoms with Crippen LogP contribution in [0.4, 0.5) is 0 Å². The van der Waals surface area contributed by atoms with E-state index in [9.17, 15) is 8.42 Å². The molecule has 22 heavy (non-hydrogen) atoms. The molecule has 1 aliphatic heterocycles. The van der Waals surface area contributed by atoms with E-state index in [2.05, 4.69) is 23.5 Å². The summed E-state index contributed by atoms with van der Waals surface area (Å²) in [6.07, 6.45) is 2.07. The zero-order valence-corrected chi connectivity index (χ0v) is 15.0. The molecule has 0 saturated carbocycles. The lowest BCUT2D eigenvalue weighted by atomic mass is 9.96. The molecule has 4 nitrogen and oxygen atoms in total. The quantitative estimate of drug-likeness (QED) is 0.893. The van der Waals surface area contributed by atoms with E-state index in [0.29, 0.717) is 29.1 Å². The highest BCUT2D eigenvalue weighted by Gasteiger charge is 2.23. The van der Waals surface area contributed by atoms with Crippen LogP contribution in [0.5, 0.6) is 0 Å². The lowest BCUT2D eigenvalue weighted by Gasteiger charge is -2.34. The number of nitrogens with zero attached hydrogens (tertiary/aromatic N) is 1. The molecule has 0 unspecified atom stereocenters. The van der Waals surface area contributed by atoms with E-state index in [0.717, 1.165) is 25.9 Å². The van der Waals surface area contributed by atoms with E-state index < -0.39 is 10.0 Å². The maximum atomic E-state index is 12.4. The molecule has 1 heterocycles. The highest BCUT2D eigenvalue weighted by Crippen LogP contribution is 2.22. The number of sulfonamides is 1. The summed E-state index contributed by atoms with van der Waals surface area (Å²) < 4.78 is 27.6. The first-order valence-electron chi connectivity index (χ1n) is 7.79. The summed E-state index contributed by atoms with van der Waals surface area (Å²) in [6.45, 7) is 8.77. The molecule has 2 rings (SSSR count). The molecule has 6 heteroatoms. The van der Waals surface area contributed by atoms with Crippen molar-refractivity contribution in [2.45, 2.75) is 44.6 Å². The zero-order chi connectivity index (χ0) is 16.3. The van der Waals surface area contributed by atoms with Crippen molar-refractivity contribution in [3.63, 3.8) is 0 Å². The van der Waals surface area contributed by atoms with Crippen molar-refractivity contribution in [3.8, 4) is 0 Å². The van der Waals surface area contributed by atoms with E-state index in [1.54, 1.807) is 19.1 Å². The van der Waals surface area contributed by atoms with Gasteiger partial charge in [0.1, 0.15) is 0 Å². The average Bonchev–Trinajstić information content (AvgIpc) is 2.48. The molecule has 0 spiro atoms. The first kappa shape index (κ1) is 17.7. The number of hydrogen-bond acceptors (Lipinski definition) is 3. The van der Waals surface area contributed by atoms with Gasteiger partial charge < -0.3 is 4.90 Å². The van der Waals surface area contributed by atoms with E-state index in [1.807, 2.05) is 0 Å². The van der Waals surface area contributed by atoms with Gasteiger partial charge in [0.25, 0.3) is 0 Å². The minimum Gasteiger partial charge on any atom is -0.301 e. The van der Waals surface area contributed by atoms with E-state index >= 15 is 0 Å². The molecule has 0 atom stereocenters. The van der Waals surface area contributed by atoms with Gasteiger partial charge in [-0.1, -0.05) is 17.7 Å². The fourth-order valence-corrected chi connectivity index (χ4v) is 4.46. The lowest BCUT2D eigenvalue weighted by Crippen LogP contribution is -2.41. The van der Waals surface area contributed by atoms with Crippen LogP contribution < -0.4 is 4.72 Å². The molecule has 0 amide bonds. The van der Waals surface area contributed by atoms with E-state index in [1.165, 1.54) is 6.07 Å². The summed E-state index contributed by atoms with van der Waals surface area (Å²) in [5.41, 5.74) is 0.714. The lowest BCUT2D eigenvalue weighted by molar-refractivity contribution is 0.151. The number of nitrogens with one attached hydrogen (secondary N) is 1. The Morgan fingerprint density at radius 3 is 2.55 bits per heavy atom. The van der Waals surface area contributed by atoms with Crippen LogP contribution in [0.25, 0.3) is 0 Å². The van der Waals surface area contributed by atoms with Crippen molar-refractivity contribution in [2.75, 3.05) is 19.6 Å². The largest absolute Gasteiger partial charge is 0.301 e. The van der Waals surface area contributed by atoms with Crippen LogP contribution in [0.1, 0.15) is 32.3 Å². The van der Waals surface area contributed by atoms with Crippen molar-refractivity contribution in [1.29, 1.82) is 0 Å². The summed E-state index contributed by atoms with van der Waals surface area (Å²) in [5.74, 6) is 0.407. The molecule has 0 bridgehead atoms. The maximum absolute atomic E-state index is 12.4. The molecule has 0 radical (unpaired) electrons. The number of hydrogen-bond donors (Lipinski definition) is 1. The third-order valence-corrected chi connectivity index (χ3v) is 6.18. The Balaban J connectivity index is 1.95. The van der Waals surface area contributed by atoms with Crippen molar-refractivity contribution in [3.05, 3.63) is 28.8 Å². The Kier molecular flexibility index (Phi) is 5.88. The normalized spacial score (nSPS) is 18.0. The minimum absolute atomic E-state index is 0.277. The highest BCUT2D eigenvalue weighted by atomic mass is 35.5. The predicted molar refractivity (Wildman–Crippen MR) is 90.8 cm³/mol. The van der Waals surface area contributed by atoms with Crippen LogP contribution in [0, 0.1) is 12.8 Å². The number of piperidine rings is 1. The summed E-state index contributed by atoms with van der Waals surface area (Å²) in [4.78, 5) is 2.71. The monoisotopic (exact) mass is 344 g/mol. The standard InChI is InChI=1S/C16H25ClN2O2S/c1-12(2)19-8-6-14(7-9-19)11-18-22(20,21)16-10-15(17)5-4-13(16)3/h4-5,10,12,14,18H,6-9,11H2,1-3H3. The van der Waals surface area contributed by atoms with Gasteiger partial charge >= 0.3 is 0 Å². The molecule has 1 aliphatic rings. The van der Waals surface area contributed by atoms with Crippen LogP contribution in [0.3, 0.4) is 0 Å². The van der Waals surface area contributed by atoms with Gasteiger partial charge in [-0.3, -0.25) is 0 Å². The Hall–Kier alpha value is -0.620. The second kappa shape index (κ2) is 7.30. The maximum Gasteiger partial charge on any atom is 0.240 e. The van der Waals surface area contributed by atoms with Gasteiger partial charge in [-0.25, -0.2) is 13.1 Å². The summed E-state index contributed by atoms with van der Waals surface area (Å²) >= 11 is 5.92. The Labute approximate surface area is 138 Å². The fraction of sp³-hybridized carbons (Fsp3) is 0.625. The van der Waals surface area contributed by atoms with Crippen molar-refractivity contribution < 1.29 is 8.42 Å². The molecule has 124 valence electrons. The Morgan fingerprint density at radius 1 is 1.32 bits per heavy atom. The summed E-state index contributed by atoms with van der Waals surface area (Å²) in [7, 11) is -3.49. The third-order valence-electron chi connectivity index (χ3n) is 4.38. The van der Waals surface area contributed by atoms with Gasteiger partial charge in [0, 0.05) is 17.6 Å². The fourth-order valence-electron chi connectivity index (χ4n) is 2.84. The predicted octanol–water partition coefficient (Wildman–Crippen LogP) is 3.05. The smallest absolute Gasteiger partial charge is 0.240 e. The van der Waals surface area contributed by atoms with Crippen LogP contribution in [0.2, 0.25) is 5.02 Å². The second-order valence-electron chi connectivity index (χ2n) is 6.33. The highest BCUT2D eigenvalue weighted by molar-refractivity contribution is 7.89. The number of likely N-dealkylation sites (tertiary alicyclic amines) is 1. The average molecular weight is 345 g/mol. The molecule has 0 aromatic heterocycles. The molecule has 1 saturated heterocycles. The molecular weight excluding hydrogens is 320 g/mol. The van der Waals surface area contributed by atoms with Gasteiger partial charge in [-0.2, -0.15) is 0 Å². The molecule has 1 N–H and O–H groups in total. The first-order chi connectivity index (χ1) is 10.3. The molecule has 1 fully saturated rings. The number of benzene rings is 1. The molecule has 1 aromatic rings. The van der Waals surface area contributed by atoms with Crippen LogP contribution in [-0.4, -0.2) is 39.0 Å². The Morgan fingerprint density at radius 2 is 1.95 bits per heavy atom. The van der Waals surface area contributed by atoms with Crippen molar-refractivity contribution in [1.82, 2.24) is 9.62 Å². The van der Waals surface area contributed by atoms with Crippen LogP contribution >= 0.6 is 11.6 Å². The van der Waals surface area contributed by atoms with Gasteiger partial charge in [-0.05, 0) is 70.3 Å². The molecule has 1 aromatic carbocycles. The third kappa shape index (κ3) is 4.44. The summed E-state index contributed by atoms with van der Waals surface area (Å²) in [5, 5.41) is 0.441. The van der Waals surface area contributed by atoms with Crippen molar-refractivity contribution in [2.24, 2.45) is 5.92 Å². The number of halogens is 1. The number of aryl methyl sites for hydroxylation is 1. The first-order valence-corrected chi connectivity index (χ1v) is 9.65. The number of rotatable bonds is 5. The second-order valence-corrected chi connectivity index (χ2v) is 8.51. The van der Waals surface area contributed by atoms with Crippen molar-refractivity contribution >= 4 is 21.6 Å². The SMILES string of the molecule is Cc1ccc(Cl)cc1S(=O)(=O)NCC1CCN(C(C)C)CC1.